The summed E-state index contributed by atoms with van der Waals surface area (Å²) in [4.78, 5) is 11.3. The Hall–Kier alpha value is -1.56. The second-order valence-electron chi connectivity index (χ2n) is 4.85. The first kappa shape index (κ1) is 13.9. The van der Waals surface area contributed by atoms with Crippen LogP contribution in [0.3, 0.4) is 0 Å². The zero-order chi connectivity index (χ0) is 14.3. The van der Waals surface area contributed by atoms with Crippen LogP contribution < -0.4 is 0 Å². The van der Waals surface area contributed by atoms with Gasteiger partial charge in [-0.3, -0.25) is 4.79 Å². The first-order valence-corrected chi connectivity index (χ1v) is 5.86. The van der Waals surface area contributed by atoms with Crippen molar-refractivity contribution in [1.82, 2.24) is 0 Å². The Labute approximate surface area is 107 Å². The molecule has 6 heteroatoms. The maximum absolute atomic E-state index is 12.6. The average molecular weight is 274 g/mol. The van der Waals surface area contributed by atoms with Crippen molar-refractivity contribution in [3.63, 3.8) is 0 Å². The average Bonchev–Trinajstić information content (AvgIpc) is 2.26. The van der Waals surface area contributed by atoms with Crippen molar-refractivity contribution >= 4 is 5.97 Å². The number of carboxylic acid groups (broad SMARTS) is 1. The fourth-order valence-electron chi connectivity index (χ4n) is 2.40. The van der Waals surface area contributed by atoms with Gasteiger partial charge in [0.05, 0.1) is 11.2 Å². The molecule has 1 aliphatic carbocycles. The van der Waals surface area contributed by atoms with Crippen molar-refractivity contribution in [2.24, 2.45) is 0 Å². The summed E-state index contributed by atoms with van der Waals surface area (Å²) < 4.78 is 37.8. The van der Waals surface area contributed by atoms with Gasteiger partial charge in [0, 0.05) is 0 Å². The molecule has 1 aromatic carbocycles. The first-order chi connectivity index (χ1) is 8.74. The molecular weight excluding hydrogens is 261 g/mol. The summed E-state index contributed by atoms with van der Waals surface area (Å²) in [6.45, 7) is 0. The fraction of sp³-hybridized carbons (Fsp3) is 0.462. The van der Waals surface area contributed by atoms with Gasteiger partial charge in [-0.1, -0.05) is 18.2 Å². The van der Waals surface area contributed by atoms with Gasteiger partial charge in [0.15, 0.2) is 0 Å². The predicted molar refractivity (Wildman–Crippen MR) is 60.6 cm³/mol. The molecule has 1 fully saturated rings. The van der Waals surface area contributed by atoms with Crippen LogP contribution in [-0.2, 0) is 11.0 Å². The third-order valence-corrected chi connectivity index (χ3v) is 3.55. The maximum Gasteiger partial charge on any atom is 0.416 e. The summed E-state index contributed by atoms with van der Waals surface area (Å²) >= 11 is 0. The molecule has 0 bridgehead atoms. The first-order valence-electron chi connectivity index (χ1n) is 5.86. The molecule has 3 nitrogen and oxygen atoms in total. The number of aliphatic hydroxyl groups is 1. The zero-order valence-corrected chi connectivity index (χ0v) is 9.94. The van der Waals surface area contributed by atoms with Gasteiger partial charge in [-0.2, -0.15) is 13.2 Å². The van der Waals surface area contributed by atoms with Crippen molar-refractivity contribution in [1.29, 1.82) is 0 Å². The van der Waals surface area contributed by atoms with Gasteiger partial charge in [-0.15, -0.1) is 0 Å². The number of carbonyl (C=O) groups is 1. The molecule has 2 N–H and O–H groups in total. The highest BCUT2D eigenvalue weighted by atomic mass is 19.4. The van der Waals surface area contributed by atoms with Crippen LogP contribution in [-0.4, -0.2) is 21.8 Å². The smallest absolute Gasteiger partial charge is 0.416 e. The van der Waals surface area contributed by atoms with Crippen LogP contribution in [0.25, 0.3) is 0 Å². The van der Waals surface area contributed by atoms with Gasteiger partial charge in [0.1, 0.15) is 5.92 Å². The quantitative estimate of drug-likeness (QED) is 0.891. The number of benzene rings is 1. The van der Waals surface area contributed by atoms with Gasteiger partial charge < -0.3 is 10.2 Å². The SMILES string of the molecule is O=C(O)[C@@H](c1cccc(C(F)(F)F)c1)C1(O)CCC1. The van der Waals surface area contributed by atoms with Crippen molar-refractivity contribution < 1.29 is 28.2 Å². The predicted octanol–water partition coefficient (Wildman–Crippen LogP) is 2.79. The lowest BCUT2D eigenvalue weighted by atomic mass is 9.68. The van der Waals surface area contributed by atoms with Crippen LogP contribution in [0.4, 0.5) is 13.2 Å². The van der Waals surface area contributed by atoms with E-state index in [0.717, 1.165) is 18.2 Å². The Balaban J connectivity index is 2.41. The Bertz CT molecular complexity index is 492. The molecule has 104 valence electrons. The third kappa shape index (κ3) is 2.58. The number of hydrogen-bond donors (Lipinski definition) is 2. The van der Waals surface area contributed by atoms with Gasteiger partial charge in [-0.25, -0.2) is 0 Å². The van der Waals surface area contributed by atoms with Crippen molar-refractivity contribution in [3.8, 4) is 0 Å². The maximum atomic E-state index is 12.6. The van der Waals surface area contributed by atoms with Crippen LogP contribution in [0.15, 0.2) is 24.3 Å². The number of aliphatic carboxylic acids is 1. The normalized spacial score (nSPS) is 19.6. The molecule has 0 saturated heterocycles. The number of halogens is 3. The summed E-state index contributed by atoms with van der Waals surface area (Å²) in [6.07, 6.45) is -3.26. The van der Waals surface area contributed by atoms with E-state index in [-0.39, 0.29) is 5.56 Å². The molecule has 0 unspecified atom stereocenters. The second kappa shape index (κ2) is 4.52. The number of carboxylic acids is 1. The van der Waals surface area contributed by atoms with Crippen molar-refractivity contribution in [3.05, 3.63) is 35.4 Å². The van der Waals surface area contributed by atoms with E-state index in [2.05, 4.69) is 0 Å². The molecule has 1 saturated carbocycles. The molecule has 2 rings (SSSR count). The molecule has 0 spiro atoms. The minimum absolute atomic E-state index is 0.00970. The van der Waals surface area contributed by atoms with Gasteiger partial charge in [0.2, 0.25) is 0 Å². The van der Waals surface area contributed by atoms with Gasteiger partial charge in [-0.05, 0) is 30.9 Å². The Morgan fingerprint density at radius 2 is 1.95 bits per heavy atom. The number of rotatable bonds is 3. The Kier molecular flexibility index (Phi) is 3.30. The molecular formula is C13H13F3O3. The van der Waals surface area contributed by atoms with E-state index in [0.29, 0.717) is 19.3 Å². The molecule has 1 aliphatic rings. The van der Waals surface area contributed by atoms with Crippen LogP contribution in [0.1, 0.15) is 36.3 Å². The van der Waals surface area contributed by atoms with E-state index in [1.807, 2.05) is 0 Å². The molecule has 0 aliphatic heterocycles. The minimum Gasteiger partial charge on any atom is -0.481 e. The summed E-state index contributed by atoms with van der Waals surface area (Å²) in [5.41, 5.74) is -2.35. The summed E-state index contributed by atoms with van der Waals surface area (Å²) in [5, 5.41) is 19.3. The van der Waals surface area contributed by atoms with Gasteiger partial charge in [0.25, 0.3) is 0 Å². The van der Waals surface area contributed by atoms with E-state index in [9.17, 15) is 28.2 Å². The van der Waals surface area contributed by atoms with E-state index in [1.54, 1.807) is 0 Å². The number of alkyl halides is 3. The highest BCUT2D eigenvalue weighted by Gasteiger charge is 2.47. The van der Waals surface area contributed by atoms with Crippen molar-refractivity contribution in [2.45, 2.75) is 37.0 Å². The lowest BCUT2D eigenvalue weighted by molar-refractivity contribution is -0.151. The molecule has 1 atom stereocenters. The van der Waals surface area contributed by atoms with Crippen LogP contribution in [0.5, 0.6) is 0 Å². The molecule has 0 amide bonds. The molecule has 19 heavy (non-hydrogen) atoms. The van der Waals surface area contributed by atoms with E-state index in [4.69, 9.17) is 0 Å². The van der Waals surface area contributed by atoms with Crippen LogP contribution >= 0.6 is 0 Å². The number of hydrogen-bond acceptors (Lipinski definition) is 2. The van der Waals surface area contributed by atoms with E-state index >= 15 is 0 Å². The molecule has 0 heterocycles. The lowest BCUT2D eigenvalue weighted by Crippen LogP contribution is -2.46. The monoisotopic (exact) mass is 274 g/mol. The summed E-state index contributed by atoms with van der Waals surface area (Å²) in [6, 6.07) is 4.16. The largest absolute Gasteiger partial charge is 0.481 e. The van der Waals surface area contributed by atoms with Crippen molar-refractivity contribution in [2.75, 3.05) is 0 Å². The van der Waals surface area contributed by atoms with Gasteiger partial charge >= 0.3 is 12.1 Å². The fourth-order valence-corrected chi connectivity index (χ4v) is 2.40. The standard InChI is InChI=1S/C13H13F3O3/c14-13(15,16)9-4-1-3-8(7-9)10(11(17)18)12(19)5-2-6-12/h1,3-4,7,10,19H,2,5-6H2,(H,17,18)/t10-/m1/s1. The van der Waals surface area contributed by atoms with Crippen LogP contribution in [0.2, 0.25) is 0 Å². The lowest BCUT2D eigenvalue weighted by Gasteiger charge is -2.41. The summed E-state index contributed by atoms with van der Waals surface area (Å²) in [7, 11) is 0. The summed E-state index contributed by atoms with van der Waals surface area (Å²) in [5.74, 6) is -2.62. The highest BCUT2D eigenvalue weighted by molar-refractivity contribution is 5.78. The van der Waals surface area contributed by atoms with Crippen LogP contribution in [0, 0.1) is 0 Å². The third-order valence-electron chi connectivity index (χ3n) is 3.55. The van der Waals surface area contributed by atoms with E-state index < -0.39 is 29.2 Å². The second-order valence-corrected chi connectivity index (χ2v) is 4.85. The molecule has 0 aromatic heterocycles. The molecule has 1 aromatic rings. The van der Waals surface area contributed by atoms with E-state index in [1.165, 1.54) is 6.07 Å². The Morgan fingerprint density at radius 3 is 2.37 bits per heavy atom. The Morgan fingerprint density at radius 1 is 1.32 bits per heavy atom. The minimum atomic E-state index is -4.53. The highest BCUT2D eigenvalue weighted by Crippen LogP contribution is 2.44. The molecule has 0 radical (unpaired) electrons. The topological polar surface area (TPSA) is 57.5 Å². The zero-order valence-electron chi connectivity index (χ0n) is 9.94.